The van der Waals surface area contributed by atoms with Crippen LogP contribution in [0, 0.1) is 6.92 Å². The largest absolute Gasteiger partial charge is 0.394 e. The third-order valence-corrected chi connectivity index (χ3v) is 5.30. The van der Waals surface area contributed by atoms with E-state index >= 15 is 0 Å². The van der Waals surface area contributed by atoms with Gasteiger partial charge in [0.05, 0.1) is 24.2 Å². The van der Waals surface area contributed by atoms with Crippen molar-refractivity contribution in [3.05, 3.63) is 42.5 Å². The summed E-state index contributed by atoms with van der Waals surface area (Å²) in [5.74, 6) is 0. The first-order valence-corrected chi connectivity index (χ1v) is 8.79. The Hall–Kier alpha value is -1.25. The number of hydrogen-bond acceptors (Lipinski definition) is 6. The minimum Gasteiger partial charge on any atom is -0.394 e. The number of benzene rings is 1. The van der Waals surface area contributed by atoms with Gasteiger partial charge in [0.1, 0.15) is 11.7 Å². The summed E-state index contributed by atoms with van der Waals surface area (Å²) in [6.07, 6.45) is 0.619. The summed E-state index contributed by atoms with van der Waals surface area (Å²) >= 11 is 0. The Morgan fingerprint density at radius 1 is 1.48 bits per heavy atom. The summed E-state index contributed by atoms with van der Waals surface area (Å²) < 4.78 is 35.3. The first-order chi connectivity index (χ1) is 10.8. The molecule has 7 heteroatoms. The molecule has 0 amide bonds. The van der Waals surface area contributed by atoms with E-state index in [4.69, 9.17) is 8.92 Å². The molecule has 0 saturated carbocycles. The van der Waals surface area contributed by atoms with Crippen molar-refractivity contribution < 1.29 is 27.6 Å². The van der Waals surface area contributed by atoms with Gasteiger partial charge in [-0.2, -0.15) is 8.42 Å². The van der Waals surface area contributed by atoms with Gasteiger partial charge in [0.25, 0.3) is 10.1 Å². The first kappa shape index (κ1) is 18.1. The fourth-order valence-corrected chi connectivity index (χ4v) is 3.52. The molecule has 0 bridgehead atoms. The number of ether oxygens (including phenoxy) is 1. The number of aryl methyl sites for hydroxylation is 1. The average Bonchev–Trinajstić information content (AvgIpc) is 2.98. The molecule has 1 saturated heterocycles. The topological polar surface area (TPSA) is 93.1 Å². The molecular weight excluding hydrogens is 320 g/mol. The molecule has 1 aromatic rings. The van der Waals surface area contributed by atoms with E-state index in [1.165, 1.54) is 18.2 Å². The smallest absolute Gasteiger partial charge is 0.297 e. The van der Waals surface area contributed by atoms with Crippen molar-refractivity contribution in [1.29, 1.82) is 0 Å². The van der Waals surface area contributed by atoms with Gasteiger partial charge in [-0.1, -0.05) is 23.8 Å². The van der Waals surface area contributed by atoms with Crippen LogP contribution < -0.4 is 0 Å². The van der Waals surface area contributed by atoms with E-state index < -0.39 is 27.9 Å². The molecule has 1 heterocycles. The van der Waals surface area contributed by atoms with E-state index in [1.807, 2.05) is 6.92 Å². The van der Waals surface area contributed by atoms with Crippen molar-refractivity contribution in [2.45, 2.75) is 42.5 Å². The molecule has 1 aliphatic rings. The lowest BCUT2D eigenvalue weighted by molar-refractivity contribution is -0.127. The van der Waals surface area contributed by atoms with E-state index in [0.717, 1.165) is 5.56 Å². The van der Waals surface area contributed by atoms with Crippen LogP contribution in [0.2, 0.25) is 0 Å². The summed E-state index contributed by atoms with van der Waals surface area (Å²) in [4.78, 5) is 0.0445. The van der Waals surface area contributed by atoms with Gasteiger partial charge < -0.3 is 14.9 Å². The highest BCUT2D eigenvalue weighted by molar-refractivity contribution is 7.86. The quantitative estimate of drug-likeness (QED) is 0.570. The summed E-state index contributed by atoms with van der Waals surface area (Å²) in [5.41, 5.74) is -0.278. The summed E-state index contributed by atoms with van der Waals surface area (Å²) in [6.45, 7) is 4.83. The van der Waals surface area contributed by atoms with Gasteiger partial charge in [-0.15, -0.1) is 6.58 Å². The van der Waals surface area contributed by atoms with Gasteiger partial charge in [-0.3, -0.25) is 4.18 Å². The van der Waals surface area contributed by atoms with Gasteiger partial charge >= 0.3 is 0 Å². The van der Waals surface area contributed by atoms with E-state index in [2.05, 4.69) is 6.58 Å². The second-order valence-electron chi connectivity index (χ2n) is 5.74. The van der Waals surface area contributed by atoms with Gasteiger partial charge in [-0.05, 0) is 31.9 Å². The highest BCUT2D eigenvalue weighted by Crippen LogP contribution is 2.35. The van der Waals surface area contributed by atoms with Gasteiger partial charge in [0.15, 0.2) is 0 Å². The molecule has 0 aromatic heterocycles. The van der Waals surface area contributed by atoms with E-state index in [0.29, 0.717) is 12.8 Å². The Kier molecular flexibility index (Phi) is 5.59. The Morgan fingerprint density at radius 2 is 2.13 bits per heavy atom. The average molecular weight is 342 g/mol. The van der Waals surface area contributed by atoms with Crippen LogP contribution in [0.3, 0.4) is 0 Å². The lowest BCUT2D eigenvalue weighted by Gasteiger charge is -2.32. The molecule has 1 aromatic carbocycles. The highest BCUT2D eigenvalue weighted by atomic mass is 32.2. The second-order valence-corrected chi connectivity index (χ2v) is 7.35. The van der Waals surface area contributed by atoms with Crippen LogP contribution in [0.5, 0.6) is 0 Å². The number of aliphatic hydroxyl groups excluding tert-OH is 2. The molecule has 1 aliphatic heterocycles. The van der Waals surface area contributed by atoms with Crippen molar-refractivity contribution in [1.82, 2.24) is 0 Å². The van der Waals surface area contributed by atoms with Crippen molar-refractivity contribution in [3.63, 3.8) is 0 Å². The van der Waals surface area contributed by atoms with Crippen LogP contribution in [0.1, 0.15) is 18.4 Å². The van der Waals surface area contributed by atoms with Gasteiger partial charge in [0, 0.05) is 0 Å². The highest BCUT2D eigenvalue weighted by Gasteiger charge is 2.46. The predicted octanol–water partition coefficient (Wildman–Crippen LogP) is 1.16. The third kappa shape index (κ3) is 3.99. The third-order valence-electron chi connectivity index (χ3n) is 4.02. The lowest BCUT2D eigenvalue weighted by atomic mass is 9.94. The Bertz CT molecular complexity index is 639. The molecule has 2 rings (SSSR count). The molecule has 0 aliphatic carbocycles. The maximum atomic E-state index is 12.3. The summed E-state index contributed by atoms with van der Waals surface area (Å²) in [6, 6.07) is 6.29. The van der Waals surface area contributed by atoms with E-state index in [9.17, 15) is 18.6 Å². The number of hydrogen-bond donors (Lipinski definition) is 2. The predicted molar refractivity (Wildman–Crippen MR) is 84.4 cm³/mol. The zero-order valence-electron chi connectivity index (χ0n) is 13.0. The molecule has 23 heavy (non-hydrogen) atoms. The van der Waals surface area contributed by atoms with Crippen LogP contribution in [-0.4, -0.2) is 49.7 Å². The van der Waals surface area contributed by atoms with Crippen LogP contribution in [0.15, 0.2) is 41.8 Å². The van der Waals surface area contributed by atoms with Crippen molar-refractivity contribution in [3.8, 4) is 0 Å². The minimum absolute atomic E-state index is 0.0445. The Labute approximate surface area is 136 Å². The SMILES string of the molecule is C=C[C@H](O)[C@]1(COS(=O)(=O)c2ccc(C)cc2)CCC(CO)O1. The molecule has 6 nitrogen and oxygen atoms in total. The van der Waals surface area contributed by atoms with Gasteiger partial charge in [0.2, 0.25) is 0 Å². The van der Waals surface area contributed by atoms with E-state index in [-0.39, 0.29) is 18.1 Å². The Morgan fingerprint density at radius 3 is 2.65 bits per heavy atom. The summed E-state index contributed by atoms with van der Waals surface area (Å²) in [7, 11) is -3.96. The standard InChI is InChI=1S/C16H22O6S/c1-3-15(18)16(9-8-13(10-17)22-16)11-21-23(19,20)14-6-4-12(2)5-7-14/h3-7,13,15,17-18H,1,8-11H2,2H3/t13?,15-,16+/m0/s1. The zero-order valence-corrected chi connectivity index (χ0v) is 13.8. The van der Waals surface area contributed by atoms with Crippen molar-refractivity contribution >= 4 is 10.1 Å². The summed E-state index contributed by atoms with van der Waals surface area (Å²) in [5, 5.41) is 19.3. The van der Waals surface area contributed by atoms with Crippen LogP contribution in [0.25, 0.3) is 0 Å². The molecule has 1 unspecified atom stereocenters. The maximum Gasteiger partial charge on any atom is 0.297 e. The fourth-order valence-electron chi connectivity index (χ4n) is 2.56. The number of rotatable bonds is 7. The molecule has 3 atom stereocenters. The minimum atomic E-state index is -3.96. The molecule has 2 N–H and O–H groups in total. The second kappa shape index (κ2) is 7.11. The maximum absolute atomic E-state index is 12.3. The molecule has 128 valence electrons. The van der Waals surface area contributed by atoms with Crippen LogP contribution >= 0.6 is 0 Å². The first-order valence-electron chi connectivity index (χ1n) is 7.38. The lowest BCUT2D eigenvalue weighted by Crippen LogP contribution is -2.46. The van der Waals surface area contributed by atoms with Gasteiger partial charge in [-0.25, -0.2) is 0 Å². The van der Waals surface area contributed by atoms with Crippen molar-refractivity contribution in [2.24, 2.45) is 0 Å². The normalized spacial score (nSPS) is 26.1. The molecule has 0 radical (unpaired) electrons. The van der Waals surface area contributed by atoms with E-state index in [1.54, 1.807) is 12.1 Å². The fraction of sp³-hybridized carbons (Fsp3) is 0.500. The number of aliphatic hydroxyl groups is 2. The Balaban J connectivity index is 2.15. The monoisotopic (exact) mass is 342 g/mol. The van der Waals surface area contributed by atoms with Crippen LogP contribution in [-0.2, 0) is 19.0 Å². The molecule has 1 fully saturated rings. The molecule has 0 spiro atoms. The molecular formula is C16H22O6S. The van der Waals surface area contributed by atoms with Crippen LogP contribution in [0.4, 0.5) is 0 Å². The van der Waals surface area contributed by atoms with Crippen molar-refractivity contribution in [2.75, 3.05) is 13.2 Å². The zero-order chi connectivity index (χ0) is 17.1.